The first-order valence-corrected chi connectivity index (χ1v) is 9.65. The van der Waals surface area contributed by atoms with Crippen molar-refractivity contribution in [2.45, 2.75) is 57.4 Å². The van der Waals surface area contributed by atoms with Gasteiger partial charge in [0.25, 0.3) is 0 Å². The highest BCUT2D eigenvalue weighted by Gasteiger charge is 2.23. The monoisotopic (exact) mass is 309 g/mol. The number of hydrogen-bond acceptors (Lipinski definition) is 3. The second-order valence-corrected chi connectivity index (χ2v) is 8.71. The third-order valence-corrected chi connectivity index (χ3v) is 6.17. The summed E-state index contributed by atoms with van der Waals surface area (Å²) in [5.41, 5.74) is 1.02. The Bertz CT molecular complexity index is 541. The number of rotatable bonds is 5. The minimum atomic E-state index is -3.11. The molecule has 2 rings (SSSR count). The molecule has 21 heavy (non-hydrogen) atoms. The lowest BCUT2D eigenvalue weighted by Crippen LogP contribution is -2.30. The largest absolute Gasteiger partial charge is 0.382 e. The van der Waals surface area contributed by atoms with Gasteiger partial charge in [0.15, 0.2) is 9.84 Å². The van der Waals surface area contributed by atoms with E-state index in [1.165, 1.54) is 19.3 Å². The molecule has 1 fully saturated rings. The van der Waals surface area contributed by atoms with E-state index in [9.17, 15) is 8.42 Å². The molecule has 0 aromatic heterocycles. The van der Waals surface area contributed by atoms with Gasteiger partial charge in [-0.1, -0.05) is 20.8 Å². The molecule has 0 radical (unpaired) electrons. The lowest BCUT2D eigenvalue weighted by atomic mass is 9.80. The van der Waals surface area contributed by atoms with Crippen LogP contribution in [0.5, 0.6) is 0 Å². The van der Waals surface area contributed by atoms with Gasteiger partial charge in [-0.3, -0.25) is 0 Å². The van der Waals surface area contributed by atoms with Crippen LogP contribution in [0.25, 0.3) is 0 Å². The van der Waals surface area contributed by atoms with Crippen molar-refractivity contribution >= 4 is 15.5 Å². The summed E-state index contributed by atoms with van der Waals surface area (Å²) < 4.78 is 24.0. The van der Waals surface area contributed by atoms with Crippen molar-refractivity contribution in [1.82, 2.24) is 0 Å². The average molecular weight is 309 g/mol. The standard InChI is InChI=1S/C17H27NO2S/c1-4-9-21(19,20)17-7-5-15(6-8-17)18-16-11-13(2)10-14(3)12-16/h5-8,13-14,16,18H,4,9-12H2,1-3H3. The molecule has 4 heteroatoms. The van der Waals surface area contributed by atoms with Crippen LogP contribution in [0.2, 0.25) is 0 Å². The first-order valence-electron chi connectivity index (χ1n) is 8.00. The lowest BCUT2D eigenvalue weighted by molar-refractivity contribution is 0.281. The van der Waals surface area contributed by atoms with Crippen molar-refractivity contribution in [1.29, 1.82) is 0 Å². The Morgan fingerprint density at radius 2 is 1.62 bits per heavy atom. The number of hydrogen-bond donors (Lipinski definition) is 1. The summed E-state index contributed by atoms with van der Waals surface area (Å²) in [6, 6.07) is 7.74. The molecule has 1 aliphatic carbocycles. The molecule has 0 saturated heterocycles. The Kier molecular flexibility index (Phi) is 5.31. The molecular formula is C17H27NO2S. The fourth-order valence-corrected chi connectivity index (χ4v) is 4.77. The Morgan fingerprint density at radius 3 is 2.14 bits per heavy atom. The van der Waals surface area contributed by atoms with E-state index in [1.54, 1.807) is 12.1 Å². The highest BCUT2D eigenvalue weighted by atomic mass is 32.2. The van der Waals surface area contributed by atoms with Crippen LogP contribution < -0.4 is 5.32 Å². The predicted molar refractivity (Wildman–Crippen MR) is 88.4 cm³/mol. The maximum absolute atomic E-state index is 12.0. The SMILES string of the molecule is CCCS(=O)(=O)c1ccc(NC2CC(C)CC(C)C2)cc1. The minimum absolute atomic E-state index is 0.220. The molecular weight excluding hydrogens is 282 g/mol. The molecule has 1 aromatic carbocycles. The highest BCUT2D eigenvalue weighted by molar-refractivity contribution is 7.91. The highest BCUT2D eigenvalue weighted by Crippen LogP contribution is 2.30. The summed E-state index contributed by atoms with van der Waals surface area (Å²) in [6.07, 6.45) is 4.35. The Labute approximate surface area is 129 Å². The maximum atomic E-state index is 12.0. The smallest absolute Gasteiger partial charge is 0.178 e. The molecule has 0 bridgehead atoms. The van der Waals surface area contributed by atoms with Gasteiger partial charge in [-0.2, -0.15) is 0 Å². The van der Waals surface area contributed by atoms with E-state index in [-0.39, 0.29) is 5.75 Å². The van der Waals surface area contributed by atoms with Gasteiger partial charge < -0.3 is 5.32 Å². The summed E-state index contributed by atoms with van der Waals surface area (Å²) in [5.74, 6) is 1.74. The van der Waals surface area contributed by atoms with Crippen LogP contribution >= 0.6 is 0 Å². The maximum Gasteiger partial charge on any atom is 0.178 e. The second kappa shape index (κ2) is 6.82. The molecule has 0 aliphatic heterocycles. The topological polar surface area (TPSA) is 46.2 Å². The third-order valence-electron chi connectivity index (χ3n) is 4.24. The van der Waals surface area contributed by atoms with Crippen LogP contribution in [-0.2, 0) is 9.84 Å². The van der Waals surface area contributed by atoms with Gasteiger partial charge in [-0.25, -0.2) is 8.42 Å². The molecule has 2 unspecified atom stereocenters. The zero-order valence-corrected chi connectivity index (χ0v) is 14.1. The Balaban J connectivity index is 2.03. The van der Waals surface area contributed by atoms with Crippen LogP contribution in [-0.4, -0.2) is 20.2 Å². The zero-order chi connectivity index (χ0) is 15.5. The van der Waals surface area contributed by atoms with Gasteiger partial charge in [0, 0.05) is 11.7 Å². The normalized spacial score (nSPS) is 26.5. The van der Waals surface area contributed by atoms with Gasteiger partial charge >= 0.3 is 0 Å². The quantitative estimate of drug-likeness (QED) is 0.890. The van der Waals surface area contributed by atoms with Crippen LogP contribution in [0, 0.1) is 11.8 Å². The van der Waals surface area contributed by atoms with Gasteiger partial charge in [0.2, 0.25) is 0 Å². The molecule has 118 valence electrons. The van der Waals surface area contributed by atoms with Crippen LogP contribution in [0.1, 0.15) is 46.5 Å². The van der Waals surface area contributed by atoms with E-state index in [4.69, 9.17) is 0 Å². The molecule has 3 nitrogen and oxygen atoms in total. The molecule has 0 heterocycles. The molecule has 1 N–H and O–H groups in total. The van der Waals surface area contributed by atoms with Crippen molar-refractivity contribution in [3.05, 3.63) is 24.3 Å². The van der Waals surface area contributed by atoms with Crippen molar-refractivity contribution in [2.75, 3.05) is 11.1 Å². The summed E-state index contributed by atoms with van der Waals surface area (Å²) in [6.45, 7) is 6.51. The van der Waals surface area contributed by atoms with Crippen molar-refractivity contribution in [3.63, 3.8) is 0 Å². The van der Waals surface area contributed by atoms with Crippen LogP contribution in [0.3, 0.4) is 0 Å². The fraction of sp³-hybridized carbons (Fsp3) is 0.647. The molecule has 0 amide bonds. The van der Waals surface area contributed by atoms with Gasteiger partial charge in [-0.15, -0.1) is 0 Å². The molecule has 0 spiro atoms. The molecule has 1 aromatic rings. The zero-order valence-electron chi connectivity index (χ0n) is 13.3. The van der Waals surface area contributed by atoms with Crippen molar-refractivity contribution in [3.8, 4) is 0 Å². The predicted octanol–water partition coefficient (Wildman–Crippen LogP) is 4.11. The summed E-state index contributed by atoms with van der Waals surface area (Å²) in [7, 11) is -3.11. The van der Waals surface area contributed by atoms with Gasteiger partial charge in [0.05, 0.1) is 10.6 Å². The van der Waals surface area contributed by atoms with Crippen LogP contribution in [0.4, 0.5) is 5.69 Å². The van der Waals surface area contributed by atoms with Gasteiger partial charge in [-0.05, 0) is 61.8 Å². The van der Waals surface area contributed by atoms with Gasteiger partial charge in [0.1, 0.15) is 0 Å². The summed E-state index contributed by atoms with van der Waals surface area (Å²) in [4.78, 5) is 0.431. The Morgan fingerprint density at radius 1 is 1.05 bits per heavy atom. The Hall–Kier alpha value is -1.03. The van der Waals surface area contributed by atoms with E-state index in [1.807, 2.05) is 19.1 Å². The van der Waals surface area contributed by atoms with Crippen molar-refractivity contribution in [2.24, 2.45) is 11.8 Å². The third kappa shape index (κ3) is 4.47. The number of anilines is 1. The molecule has 2 atom stereocenters. The average Bonchev–Trinajstić information content (AvgIpc) is 2.38. The first-order chi connectivity index (χ1) is 9.90. The fourth-order valence-electron chi connectivity index (χ4n) is 3.45. The number of benzene rings is 1. The van der Waals surface area contributed by atoms with Crippen LogP contribution in [0.15, 0.2) is 29.2 Å². The summed E-state index contributed by atoms with van der Waals surface area (Å²) in [5, 5.41) is 3.56. The van der Waals surface area contributed by atoms with E-state index in [0.29, 0.717) is 17.4 Å². The van der Waals surface area contributed by atoms with E-state index in [0.717, 1.165) is 17.5 Å². The number of nitrogens with one attached hydrogen (secondary N) is 1. The van der Waals surface area contributed by atoms with E-state index < -0.39 is 9.84 Å². The number of sulfone groups is 1. The molecule has 1 aliphatic rings. The minimum Gasteiger partial charge on any atom is -0.382 e. The van der Waals surface area contributed by atoms with E-state index >= 15 is 0 Å². The lowest BCUT2D eigenvalue weighted by Gasteiger charge is -2.32. The second-order valence-electron chi connectivity index (χ2n) is 6.60. The first kappa shape index (κ1) is 16.3. The summed E-state index contributed by atoms with van der Waals surface area (Å²) >= 11 is 0. The molecule has 1 saturated carbocycles. The van der Waals surface area contributed by atoms with Crippen molar-refractivity contribution < 1.29 is 8.42 Å². The van der Waals surface area contributed by atoms with E-state index in [2.05, 4.69) is 19.2 Å².